The highest BCUT2D eigenvalue weighted by atomic mass is 15.2. The molecule has 0 amide bonds. The van der Waals surface area contributed by atoms with Gasteiger partial charge >= 0.3 is 0 Å². The molecule has 14 rings (SSSR count). The summed E-state index contributed by atoms with van der Waals surface area (Å²) in [7, 11) is 0. The summed E-state index contributed by atoms with van der Waals surface area (Å²) < 4.78 is 7.05. The average Bonchev–Trinajstić information content (AvgIpc) is 4.07. The van der Waals surface area contributed by atoms with Crippen molar-refractivity contribution in [2.45, 2.75) is 0 Å². The fraction of sp³-hybridized carbons (Fsp3) is 0. The number of hydrogen-bond acceptors (Lipinski definition) is 3. The van der Waals surface area contributed by atoms with Crippen molar-refractivity contribution in [2.75, 3.05) is 0 Å². The van der Waals surface area contributed by atoms with Crippen LogP contribution < -0.4 is 0 Å². The van der Waals surface area contributed by atoms with Crippen LogP contribution in [0.25, 0.3) is 128 Å². The van der Waals surface area contributed by atoms with Crippen LogP contribution >= 0.6 is 0 Å². The van der Waals surface area contributed by atoms with Crippen LogP contribution in [0, 0.1) is 0 Å². The maximum atomic E-state index is 5.45. The first-order valence-corrected chi connectivity index (χ1v) is 23.4. The highest BCUT2D eigenvalue weighted by Gasteiger charge is 2.25. The highest BCUT2D eigenvalue weighted by Crippen LogP contribution is 2.44. The Bertz CT molecular complexity index is 4280. The lowest BCUT2D eigenvalue weighted by atomic mass is 9.97. The molecule has 0 saturated carbocycles. The van der Waals surface area contributed by atoms with Crippen molar-refractivity contribution >= 4 is 65.4 Å². The first kappa shape index (κ1) is 38.8. The fourth-order valence-corrected chi connectivity index (χ4v) is 10.6. The van der Waals surface area contributed by atoms with Crippen molar-refractivity contribution in [3.63, 3.8) is 0 Å². The van der Waals surface area contributed by atoms with E-state index in [1.54, 1.807) is 0 Å². The Morgan fingerprint density at radius 3 is 1.48 bits per heavy atom. The summed E-state index contributed by atoms with van der Waals surface area (Å²) in [5, 5.41) is 6.91. The molecule has 0 spiro atoms. The van der Waals surface area contributed by atoms with Gasteiger partial charge < -0.3 is 9.13 Å². The maximum absolute atomic E-state index is 5.45. The summed E-state index contributed by atoms with van der Waals surface area (Å²) in [5.74, 6) is 1.76. The third-order valence-electron chi connectivity index (χ3n) is 13.7. The van der Waals surface area contributed by atoms with Gasteiger partial charge in [-0.3, -0.25) is 4.57 Å². The zero-order valence-electron chi connectivity index (χ0n) is 37.3. The van der Waals surface area contributed by atoms with Gasteiger partial charge in [0.15, 0.2) is 11.6 Å². The van der Waals surface area contributed by atoms with Crippen LogP contribution in [-0.2, 0) is 0 Å². The Morgan fingerprint density at radius 1 is 0.275 bits per heavy atom. The topological polar surface area (TPSA) is 53.5 Å². The molecule has 0 saturated heterocycles. The average molecular weight is 881 g/mol. The van der Waals surface area contributed by atoms with Crippen LogP contribution in [0.3, 0.4) is 0 Å². The Morgan fingerprint density at radius 2 is 0.783 bits per heavy atom. The van der Waals surface area contributed by atoms with E-state index in [2.05, 4.69) is 238 Å². The molecule has 6 heteroatoms. The van der Waals surface area contributed by atoms with E-state index in [0.29, 0.717) is 17.6 Å². The van der Waals surface area contributed by atoms with Crippen LogP contribution in [0.1, 0.15) is 0 Å². The molecule has 0 bridgehead atoms. The quantitative estimate of drug-likeness (QED) is 0.160. The molecule has 0 N–H and O–H groups in total. The molecule has 0 aliphatic rings. The molecular weight excluding hydrogens is 841 g/mol. The Kier molecular flexibility index (Phi) is 8.79. The largest absolute Gasteiger partial charge is 0.309 e. The van der Waals surface area contributed by atoms with Gasteiger partial charge in [-0.1, -0.05) is 176 Å². The number of para-hydroxylation sites is 4. The third kappa shape index (κ3) is 6.16. The first-order chi connectivity index (χ1) is 34.2. The SMILES string of the molecule is c1ccc(-c2ccc(-n3c4ccccc4c4ccc5c(c6ccccc6n5-c5nc(-c6ccccc6)nc(-c6ccc7c(c6)c6ccccc6n7-c6ccccc6)n5)c43)c(-c3ccccc3)c2)cc1. The van der Waals surface area contributed by atoms with E-state index in [9.17, 15) is 0 Å². The van der Waals surface area contributed by atoms with Crippen molar-refractivity contribution < 1.29 is 0 Å². The third-order valence-corrected chi connectivity index (χ3v) is 13.7. The molecule has 10 aromatic carbocycles. The molecule has 0 aliphatic carbocycles. The van der Waals surface area contributed by atoms with Crippen molar-refractivity contribution in [3.8, 4) is 62.4 Å². The second-order valence-electron chi connectivity index (χ2n) is 17.6. The van der Waals surface area contributed by atoms with Crippen LogP contribution in [0.4, 0.5) is 0 Å². The van der Waals surface area contributed by atoms with Gasteiger partial charge in [0.05, 0.1) is 38.8 Å². The van der Waals surface area contributed by atoms with Gasteiger partial charge in [0, 0.05) is 54.7 Å². The zero-order valence-corrected chi connectivity index (χ0v) is 37.3. The van der Waals surface area contributed by atoms with Crippen LogP contribution in [0.5, 0.6) is 0 Å². The minimum Gasteiger partial charge on any atom is -0.309 e. The van der Waals surface area contributed by atoms with Crippen molar-refractivity contribution in [3.05, 3.63) is 243 Å². The van der Waals surface area contributed by atoms with Gasteiger partial charge in [-0.05, 0) is 83.4 Å². The molecule has 14 aromatic rings. The standard InChI is InChI=1S/C63H40N6/c1-5-19-41(20-6-1)44-33-36-56(51(39-44)42-21-7-2-8-22-42)68-54-31-17-13-27-47(54)49-35-38-58-59(60(49)68)50-29-15-18-32-55(50)69(58)63-65-61(43-23-9-3-10-24-43)64-62(66-63)45-34-37-57-52(40-45)48-28-14-16-30-53(48)67(57)46-25-11-4-12-26-46/h1-40H. The second kappa shape index (κ2) is 15.6. The molecule has 4 aromatic heterocycles. The first-order valence-electron chi connectivity index (χ1n) is 23.4. The molecule has 0 atom stereocenters. The van der Waals surface area contributed by atoms with Gasteiger partial charge in [-0.15, -0.1) is 0 Å². The van der Waals surface area contributed by atoms with Crippen molar-refractivity contribution in [1.29, 1.82) is 0 Å². The van der Waals surface area contributed by atoms with Gasteiger partial charge in [0.1, 0.15) is 0 Å². The van der Waals surface area contributed by atoms with E-state index in [0.717, 1.165) is 82.9 Å². The van der Waals surface area contributed by atoms with Crippen LogP contribution in [-0.4, -0.2) is 28.7 Å². The van der Waals surface area contributed by atoms with Crippen LogP contribution in [0.2, 0.25) is 0 Å². The highest BCUT2D eigenvalue weighted by molar-refractivity contribution is 6.26. The molecule has 69 heavy (non-hydrogen) atoms. The molecule has 6 nitrogen and oxygen atoms in total. The van der Waals surface area contributed by atoms with Gasteiger partial charge in [0.25, 0.3) is 0 Å². The predicted molar refractivity (Wildman–Crippen MR) is 285 cm³/mol. The molecule has 0 radical (unpaired) electrons. The van der Waals surface area contributed by atoms with E-state index < -0.39 is 0 Å². The molecule has 0 aliphatic heterocycles. The smallest absolute Gasteiger partial charge is 0.238 e. The van der Waals surface area contributed by atoms with E-state index in [4.69, 9.17) is 15.0 Å². The number of fused-ring (bicyclic) bond motifs is 10. The summed E-state index contributed by atoms with van der Waals surface area (Å²) in [5.41, 5.74) is 15.3. The molecule has 322 valence electrons. The second-order valence-corrected chi connectivity index (χ2v) is 17.6. The maximum Gasteiger partial charge on any atom is 0.238 e. The monoisotopic (exact) mass is 880 g/mol. The van der Waals surface area contributed by atoms with Crippen LogP contribution in [0.15, 0.2) is 243 Å². The normalized spacial score (nSPS) is 11.8. The Labute approximate surface area is 397 Å². The molecular formula is C63H40N6. The number of benzene rings is 10. The zero-order chi connectivity index (χ0) is 45.4. The lowest BCUT2D eigenvalue weighted by molar-refractivity contribution is 0.954. The minimum atomic E-state index is 0.552. The van der Waals surface area contributed by atoms with Gasteiger partial charge in [0.2, 0.25) is 5.95 Å². The summed E-state index contributed by atoms with van der Waals surface area (Å²) in [6, 6.07) is 86.3. The summed E-state index contributed by atoms with van der Waals surface area (Å²) in [4.78, 5) is 16.0. The summed E-state index contributed by atoms with van der Waals surface area (Å²) in [6.07, 6.45) is 0. The minimum absolute atomic E-state index is 0.552. The summed E-state index contributed by atoms with van der Waals surface area (Å²) >= 11 is 0. The number of nitrogens with zero attached hydrogens (tertiary/aromatic N) is 6. The molecule has 0 unspecified atom stereocenters. The van der Waals surface area contributed by atoms with Crippen molar-refractivity contribution in [2.24, 2.45) is 0 Å². The van der Waals surface area contributed by atoms with E-state index >= 15 is 0 Å². The number of rotatable bonds is 7. The number of aromatic nitrogens is 6. The van der Waals surface area contributed by atoms with Gasteiger partial charge in [-0.25, -0.2) is 4.98 Å². The summed E-state index contributed by atoms with van der Waals surface area (Å²) in [6.45, 7) is 0. The Balaban J connectivity index is 1.04. The van der Waals surface area contributed by atoms with Crippen molar-refractivity contribution in [1.82, 2.24) is 28.7 Å². The molecule has 0 fully saturated rings. The molecule has 4 heterocycles. The van der Waals surface area contributed by atoms with Gasteiger partial charge in [-0.2, -0.15) is 9.97 Å². The predicted octanol–water partition coefficient (Wildman–Crippen LogP) is 15.8. The Hall–Kier alpha value is -9.39. The van der Waals surface area contributed by atoms with E-state index in [-0.39, 0.29) is 0 Å². The lowest BCUT2D eigenvalue weighted by Crippen LogP contribution is -2.06. The van der Waals surface area contributed by atoms with E-state index in [1.165, 1.54) is 27.3 Å². The number of hydrogen-bond donors (Lipinski definition) is 0. The van der Waals surface area contributed by atoms with E-state index in [1.807, 2.05) is 18.2 Å². The lowest BCUT2D eigenvalue weighted by Gasteiger charge is -2.17. The fourth-order valence-electron chi connectivity index (χ4n) is 10.6.